The molecule has 1 heterocycles. The van der Waals surface area contributed by atoms with Gasteiger partial charge in [0.15, 0.2) is 0 Å². The number of aliphatic carboxylic acids is 1. The van der Waals surface area contributed by atoms with Gasteiger partial charge < -0.3 is 9.52 Å². The highest BCUT2D eigenvalue weighted by Crippen LogP contribution is 2.38. The Hall–Kier alpha value is -1.98. The average Bonchev–Trinajstić information content (AvgIpc) is 2.69. The molecule has 0 spiro atoms. The summed E-state index contributed by atoms with van der Waals surface area (Å²) in [6.45, 7) is 1.40. The second-order valence-corrected chi connectivity index (χ2v) is 3.93. The molecule has 2 aromatic rings. The second-order valence-electron chi connectivity index (χ2n) is 3.93. The van der Waals surface area contributed by atoms with Crippen LogP contribution in [0.15, 0.2) is 28.9 Å². The van der Waals surface area contributed by atoms with Crippen molar-refractivity contribution in [1.29, 1.82) is 0 Å². The fraction of sp³-hybridized carbons (Fsp3) is 0.250. The number of carboxylic acids is 1. The van der Waals surface area contributed by atoms with Gasteiger partial charge in [-0.3, -0.25) is 4.79 Å². The molecule has 2 rings (SSSR count). The number of carbonyl (C=O) groups is 1. The lowest BCUT2D eigenvalue weighted by Crippen LogP contribution is -2.07. The molecule has 0 saturated heterocycles. The van der Waals surface area contributed by atoms with E-state index in [-0.39, 0.29) is 16.5 Å². The van der Waals surface area contributed by atoms with Crippen LogP contribution in [-0.2, 0) is 11.0 Å². The van der Waals surface area contributed by atoms with Crippen LogP contribution in [-0.4, -0.2) is 11.1 Å². The van der Waals surface area contributed by atoms with E-state index < -0.39 is 23.6 Å². The molecule has 0 fully saturated rings. The number of carboxylic acid groups (broad SMARTS) is 1. The van der Waals surface area contributed by atoms with Crippen molar-refractivity contribution in [3.63, 3.8) is 0 Å². The number of rotatable bonds is 2. The van der Waals surface area contributed by atoms with Crippen molar-refractivity contribution < 1.29 is 27.5 Å². The molecule has 96 valence electrons. The molecule has 1 aromatic heterocycles. The van der Waals surface area contributed by atoms with Gasteiger partial charge in [-0.1, -0.05) is 12.1 Å². The first-order chi connectivity index (χ1) is 8.32. The molecule has 0 bridgehead atoms. The lowest BCUT2D eigenvalue weighted by Gasteiger charge is -2.07. The number of benzene rings is 1. The van der Waals surface area contributed by atoms with E-state index in [1.165, 1.54) is 19.1 Å². The Balaban J connectivity index is 2.66. The van der Waals surface area contributed by atoms with Crippen LogP contribution >= 0.6 is 0 Å². The standard InChI is InChI=1S/C12H9F3O3/c1-6(11(16)17)8-5-18-10-7(8)3-2-4-9(10)12(13,14)15/h2-6H,1H3,(H,16,17). The van der Waals surface area contributed by atoms with Gasteiger partial charge in [-0.25, -0.2) is 0 Å². The van der Waals surface area contributed by atoms with Gasteiger partial charge in [-0.15, -0.1) is 0 Å². The molecule has 1 N–H and O–H groups in total. The molecule has 18 heavy (non-hydrogen) atoms. The molecule has 1 unspecified atom stereocenters. The maximum Gasteiger partial charge on any atom is 0.420 e. The largest absolute Gasteiger partial charge is 0.481 e. The molecule has 0 saturated carbocycles. The lowest BCUT2D eigenvalue weighted by molar-refractivity contribution is -0.138. The molecular formula is C12H9F3O3. The Morgan fingerprint density at radius 2 is 2.06 bits per heavy atom. The van der Waals surface area contributed by atoms with Crippen LogP contribution in [0, 0.1) is 0 Å². The number of hydrogen-bond donors (Lipinski definition) is 1. The van der Waals surface area contributed by atoms with Crippen LogP contribution in [0.25, 0.3) is 11.0 Å². The first-order valence-electron chi connectivity index (χ1n) is 5.12. The van der Waals surface area contributed by atoms with Crippen molar-refractivity contribution >= 4 is 16.9 Å². The fourth-order valence-corrected chi connectivity index (χ4v) is 1.77. The van der Waals surface area contributed by atoms with E-state index in [0.29, 0.717) is 0 Å². The van der Waals surface area contributed by atoms with Gasteiger partial charge in [0.1, 0.15) is 5.58 Å². The summed E-state index contributed by atoms with van der Waals surface area (Å²) in [5.74, 6) is -2.04. The van der Waals surface area contributed by atoms with E-state index in [2.05, 4.69) is 0 Å². The number of alkyl halides is 3. The molecule has 6 heteroatoms. The van der Waals surface area contributed by atoms with E-state index in [0.717, 1.165) is 12.3 Å². The van der Waals surface area contributed by atoms with Gasteiger partial charge in [0.25, 0.3) is 0 Å². The van der Waals surface area contributed by atoms with Crippen LogP contribution in [0.1, 0.15) is 24.0 Å². The van der Waals surface area contributed by atoms with Crippen molar-refractivity contribution in [2.45, 2.75) is 19.0 Å². The van der Waals surface area contributed by atoms with Crippen LogP contribution in [0.5, 0.6) is 0 Å². The highest BCUT2D eigenvalue weighted by molar-refractivity contribution is 5.89. The van der Waals surface area contributed by atoms with E-state index in [1.807, 2.05) is 0 Å². The van der Waals surface area contributed by atoms with Crippen molar-refractivity contribution in [2.75, 3.05) is 0 Å². The van der Waals surface area contributed by atoms with Crippen LogP contribution in [0.4, 0.5) is 13.2 Å². The third-order valence-electron chi connectivity index (χ3n) is 2.77. The third kappa shape index (κ3) is 1.94. The monoisotopic (exact) mass is 258 g/mol. The molecule has 1 aromatic carbocycles. The molecule has 0 aliphatic rings. The Kier molecular flexibility index (Phi) is 2.80. The summed E-state index contributed by atoms with van der Waals surface area (Å²) in [6, 6.07) is 3.56. The molecular weight excluding hydrogens is 249 g/mol. The van der Waals surface area contributed by atoms with Crippen molar-refractivity contribution in [3.8, 4) is 0 Å². The van der Waals surface area contributed by atoms with Gasteiger partial charge >= 0.3 is 12.1 Å². The molecule has 0 radical (unpaired) electrons. The SMILES string of the molecule is CC(C(=O)O)c1coc2c(C(F)(F)F)cccc12. The average molecular weight is 258 g/mol. The number of hydrogen-bond acceptors (Lipinski definition) is 2. The van der Waals surface area contributed by atoms with E-state index in [1.54, 1.807) is 0 Å². The Bertz CT molecular complexity index is 598. The minimum absolute atomic E-state index is 0.180. The van der Waals surface area contributed by atoms with E-state index in [9.17, 15) is 18.0 Å². The zero-order valence-electron chi connectivity index (χ0n) is 9.28. The van der Waals surface area contributed by atoms with Gasteiger partial charge in [-0.2, -0.15) is 13.2 Å². The predicted molar refractivity (Wildman–Crippen MR) is 57.3 cm³/mol. The van der Waals surface area contributed by atoms with Crippen molar-refractivity contribution in [1.82, 2.24) is 0 Å². The normalized spacial score (nSPS) is 13.8. The zero-order valence-corrected chi connectivity index (χ0v) is 9.28. The number of halogens is 3. The smallest absolute Gasteiger partial charge is 0.420 e. The van der Waals surface area contributed by atoms with Gasteiger partial charge in [-0.05, 0) is 13.0 Å². The minimum Gasteiger partial charge on any atom is -0.481 e. The summed E-state index contributed by atoms with van der Waals surface area (Å²) in [5, 5.41) is 9.06. The van der Waals surface area contributed by atoms with Crippen LogP contribution in [0.2, 0.25) is 0 Å². The summed E-state index contributed by atoms with van der Waals surface area (Å²) >= 11 is 0. The molecule has 0 aliphatic heterocycles. The van der Waals surface area contributed by atoms with E-state index in [4.69, 9.17) is 9.52 Å². The van der Waals surface area contributed by atoms with Gasteiger partial charge in [0, 0.05) is 10.9 Å². The summed E-state index contributed by atoms with van der Waals surface area (Å²) in [4.78, 5) is 10.9. The molecule has 3 nitrogen and oxygen atoms in total. The van der Waals surface area contributed by atoms with Crippen LogP contribution < -0.4 is 0 Å². The van der Waals surface area contributed by atoms with Crippen LogP contribution in [0.3, 0.4) is 0 Å². The highest BCUT2D eigenvalue weighted by atomic mass is 19.4. The highest BCUT2D eigenvalue weighted by Gasteiger charge is 2.35. The number of furan rings is 1. The van der Waals surface area contributed by atoms with Crippen molar-refractivity contribution in [3.05, 3.63) is 35.6 Å². The maximum atomic E-state index is 12.7. The first kappa shape index (κ1) is 12.5. The fourth-order valence-electron chi connectivity index (χ4n) is 1.77. The van der Waals surface area contributed by atoms with Gasteiger partial charge in [0.2, 0.25) is 0 Å². The Morgan fingerprint density at radius 1 is 1.39 bits per heavy atom. The second kappa shape index (κ2) is 4.04. The molecule has 0 aliphatic carbocycles. The summed E-state index contributed by atoms with van der Waals surface area (Å²) in [7, 11) is 0. The van der Waals surface area contributed by atoms with Gasteiger partial charge in [0.05, 0.1) is 17.7 Å². The minimum atomic E-state index is -4.53. The number of fused-ring (bicyclic) bond motifs is 1. The maximum absolute atomic E-state index is 12.7. The summed E-state index contributed by atoms with van der Waals surface area (Å²) < 4.78 is 43.0. The first-order valence-corrected chi connectivity index (χ1v) is 5.12. The molecule has 1 atom stereocenters. The predicted octanol–water partition coefficient (Wildman–Crippen LogP) is 3.64. The number of para-hydroxylation sites is 1. The molecule has 0 amide bonds. The zero-order chi connectivity index (χ0) is 13.5. The Morgan fingerprint density at radius 3 is 2.61 bits per heavy atom. The summed E-state index contributed by atoms with van der Waals surface area (Å²) in [6.07, 6.45) is -3.46. The Labute approximate surface area is 99.8 Å². The topological polar surface area (TPSA) is 50.4 Å². The summed E-state index contributed by atoms with van der Waals surface area (Å²) in [5.41, 5.74) is -0.986. The lowest BCUT2D eigenvalue weighted by atomic mass is 9.99. The van der Waals surface area contributed by atoms with E-state index >= 15 is 0 Å². The van der Waals surface area contributed by atoms with Crippen molar-refractivity contribution in [2.24, 2.45) is 0 Å². The quantitative estimate of drug-likeness (QED) is 0.894. The third-order valence-corrected chi connectivity index (χ3v) is 2.77.